The van der Waals surface area contributed by atoms with Crippen LogP contribution in [0.4, 0.5) is 5.69 Å². The summed E-state index contributed by atoms with van der Waals surface area (Å²) in [5, 5.41) is 11.7. The number of fused-ring (bicyclic) bond motifs is 4. The van der Waals surface area contributed by atoms with Crippen LogP contribution in [-0.4, -0.2) is 30.6 Å². The first-order valence-corrected chi connectivity index (χ1v) is 12.2. The van der Waals surface area contributed by atoms with Crippen molar-refractivity contribution in [2.75, 3.05) is 19.0 Å². The summed E-state index contributed by atoms with van der Waals surface area (Å²) in [6.45, 7) is 4.15. The van der Waals surface area contributed by atoms with Crippen LogP contribution in [0.1, 0.15) is 70.3 Å². The summed E-state index contributed by atoms with van der Waals surface area (Å²) in [5.74, 6) is 7.76. The van der Waals surface area contributed by atoms with Crippen LogP contribution < -0.4 is 4.90 Å². The maximum atomic E-state index is 12.2. The number of rotatable bonds is 2. The first-order valence-electron chi connectivity index (χ1n) is 12.2. The molecular formula is C29H35NO2. The third-order valence-electron chi connectivity index (χ3n) is 9.03. The van der Waals surface area contributed by atoms with Crippen LogP contribution in [0.5, 0.6) is 0 Å². The van der Waals surface area contributed by atoms with Gasteiger partial charge in [0, 0.05) is 37.5 Å². The van der Waals surface area contributed by atoms with Crippen molar-refractivity contribution in [1.29, 1.82) is 0 Å². The lowest BCUT2D eigenvalue weighted by Gasteiger charge is -2.53. The van der Waals surface area contributed by atoms with Crippen molar-refractivity contribution < 1.29 is 9.90 Å². The van der Waals surface area contributed by atoms with Crippen molar-refractivity contribution in [1.82, 2.24) is 0 Å². The van der Waals surface area contributed by atoms with Gasteiger partial charge in [0.1, 0.15) is 5.60 Å². The van der Waals surface area contributed by atoms with Gasteiger partial charge >= 0.3 is 0 Å². The fourth-order valence-corrected chi connectivity index (χ4v) is 7.38. The molecule has 32 heavy (non-hydrogen) atoms. The number of carbonyl (C=O) groups is 1. The molecule has 2 fully saturated rings. The Morgan fingerprint density at radius 2 is 1.84 bits per heavy atom. The van der Waals surface area contributed by atoms with Gasteiger partial charge in [0.05, 0.1) is 0 Å². The first kappa shape index (κ1) is 21.5. The Bertz CT molecular complexity index is 1070. The van der Waals surface area contributed by atoms with Crippen LogP contribution in [0.15, 0.2) is 47.1 Å². The molecule has 5 rings (SSSR count). The largest absolute Gasteiger partial charge is 0.378 e. The molecular weight excluding hydrogens is 394 g/mol. The molecule has 0 amide bonds. The molecule has 2 saturated carbocycles. The number of ketones is 1. The molecule has 0 bridgehead atoms. The number of allylic oxidation sites excluding steroid dienone is 4. The van der Waals surface area contributed by atoms with Gasteiger partial charge in [0.25, 0.3) is 0 Å². The molecule has 0 radical (unpaired) electrons. The lowest BCUT2D eigenvalue weighted by molar-refractivity contribution is -0.114. The maximum Gasteiger partial charge on any atom is 0.156 e. The SMILES string of the molecule is CC#C[C@]1(O)CC[C@@H]2[C@@H]3CCC4=CC(=O)CCC4=C3[C@@H](c3ccc(N(C)C)cc3)C[C@]21C. The van der Waals surface area contributed by atoms with Crippen LogP contribution in [0, 0.1) is 29.1 Å². The number of aliphatic hydroxyl groups is 1. The summed E-state index contributed by atoms with van der Waals surface area (Å²) in [6, 6.07) is 8.97. The Morgan fingerprint density at radius 3 is 2.53 bits per heavy atom. The lowest BCUT2D eigenvalue weighted by Crippen LogP contribution is -2.51. The predicted octanol–water partition coefficient (Wildman–Crippen LogP) is 5.41. The summed E-state index contributed by atoms with van der Waals surface area (Å²) in [7, 11) is 4.14. The highest BCUT2D eigenvalue weighted by molar-refractivity contribution is 5.93. The van der Waals surface area contributed by atoms with Crippen molar-refractivity contribution in [2.45, 2.75) is 70.3 Å². The van der Waals surface area contributed by atoms with Gasteiger partial charge in [-0.05, 0) is 92.2 Å². The van der Waals surface area contributed by atoms with Gasteiger partial charge in [-0.25, -0.2) is 0 Å². The average Bonchev–Trinajstić information content (AvgIpc) is 3.03. The average molecular weight is 430 g/mol. The van der Waals surface area contributed by atoms with Crippen molar-refractivity contribution in [3.05, 3.63) is 52.6 Å². The lowest BCUT2D eigenvalue weighted by atomic mass is 9.51. The molecule has 1 aromatic rings. The molecule has 0 unspecified atom stereocenters. The number of hydrogen-bond donors (Lipinski definition) is 1. The van der Waals surface area contributed by atoms with Crippen LogP contribution in [0.25, 0.3) is 0 Å². The van der Waals surface area contributed by atoms with Gasteiger partial charge in [-0.15, -0.1) is 5.92 Å². The summed E-state index contributed by atoms with van der Waals surface area (Å²) < 4.78 is 0. The fourth-order valence-electron chi connectivity index (χ4n) is 7.38. The van der Waals surface area contributed by atoms with Crippen LogP contribution in [-0.2, 0) is 4.79 Å². The molecule has 168 valence electrons. The summed E-state index contributed by atoms with van der Waals surface area (Å²) in [5.41, 5.74) is 5.71. The molecule has 5 atom stereocenters. The molecule has 3 heteroatoms. The minimum absolute atomic E-state index is 0.221. The van der Waals surface area contributed by atoms with Crippen LogP contribution in [0.2, 0.25) is 0 Å². The summed E-state index contributed by atoms with van der Waals surface area (Å²) >= 11 is 0. The highest BCUT2D eigenvalue weighted by Gasteiger charge is 2.62. The van der Waals surface area contributed by atoms with Crippen LogP contribution >= 0.6 is 0 Å². The molecule has 3 nitrogen and oxygen atoms in total. The van der Waals surface area contributed by atoms with E-state index >= 15 is 0 Å². The third kappa shape index (κ3) is 3.11. The van der Waals surface area contributed by atoms with E-state index in [4.69, 9.17) is 0 Å². The van der Waals surface area contributed by atoms with E-state index in [0.717, 1.165) is 38.5 Å². The molecule has 4 aliphatic carbocycles. The van der Waals surface area contributed by atoms with Gasteiger partial charge in [-0.1, -0.05) is 30.6 Å². The van der Waals surface area contributed by atoms with Crippen molar-refractivity contribution >= 4 is 11.5 Å². The quantitative estimate of drug-likeness (QED) is 0.640. The Hall–Kier alpha value is -2.31. The van der Waals surface area contributed by atoms with Gasteiger partial charge in [-0.3, -0.25) is 4.79 Å². The normalized spacial score (nSPS) is 35.8. The van der Waals surface area contributed by atoms with E-state index in [1.165, 1.54) is 22.4 Å². The minimum atomic E-state index is -0.914. The van der Waals surface area contributed by atoms with Crippen LogP contribution in [0.3, 0.4) is 0 Å². The Kier molecular flexibility index (Phi) is 5.13. The van der Waals surface area contributed by atoms with E-state index in [2.05, 4.69) is 62.0 Å². The van der Waals surface area contributed by atoms with Gasteiger partial charge in [-0.2, -0.15) is 0 Å². The van der Waals surface area contributed by atoms with Gasteiger partial charge < -0.3 is 10.0 Å². The van der Waals surface area contributed by atoms with Crippen molar-refractivity contribution in [3.63, 3.8) is 0 Å². The highest BCUT2D eigenvalue weighted by Crippen LogP contribution is 2.66. The molecule has 0 aliphatic heterocycles. The molecule has 0 spiro atoms. The summed E-state index contributed by atoms with van der Waals surface area (Å²) in [4.78, 5) is 14.3. The first-order chi connectivity index (χ1) is 15.3. The van der Waals surface area contributed by atoms with Gasteiger partial charge in [0.2, 0.25) is 0 Å². The second kappa shape index (κ2) is 7.63. The molecule has 0 heterocycles. The minimum Gasteiger partial charge on any atom is -0.378 e. The molecule has 1 N–H and O–H groups in total. The van der Waals surface area contributed by atoms with E-state index in [1.807, 2.05) is 13.0 Å². The van der Waals surface area contributed by atoms with Crippen molar-refractivity contribution in [2.24, 2.45) is 17.3 Å². The number of hydrogen-bond acceptors (Lipinski definition) is 3. The van der Waals surface area contributed by atoms with E-state index in [-0.39, 0.29) is 17.1 Å². The van der Waals surface area contributed by atoms with E-state index in [9.17, 15) is 9.90 Å². The zero-order valence-corrected chi connectivity index (χ0v) is 19.9. The van der Waals surface area contributed by atoms with E-state index < -0.39 is 5.60 Å². The third-order valence-corrected chi connectivity index (χ3v) is 9.03. The smallest absolute Gasteiger partial charge is 0.156 e. The Labute approximate surface area is 192 Å². The van der Waals surface area contributed by atoms with Gasteiger partial charge in [0.15, 0.2) is 5.78 Å². The number of benzene rings is 1. The zero-order valence-electron chi connectivity index (χ0n) is 19.9. The van der Waals surface area contributed by atoms with E-state index in [0.29, 0.717) is 18.3 Å². The second-order valence-electron chi connectivity index (χ2n) is 10.8. The summed E-state index contributed by atoms with van der Waals surface area (Å²) in [6.07, 6.45) is 8.23. The molecule has 4 aliphatic rings. The van der Waals surface area contributed by atoms with Crippen molar-refractivity contribution in [3.8, 4) is 11.8 Å². The second-order valence-corrected chi connectivity index (χ2v) is 10.8. The van der Waals surface area contributed by atoms with E-state index in [1.54, 1.807) is 5.57 Å². The number of carbonyl (C=O) groups excluding carboxylic acids is 1. The standard InChI is InChI=1S/C29H35NO2/c1-5-15-29(32)16-14-26-24-12-8-20-17-22(31)11-13-23(20)27(24)25(18-28(26,29)2)19-6-9-21(10-7-19)30(3)4/h6-7,9-10,17,24-26,32H,8,11-14,16,18H2,1-4H3/t24-,25+,26+,28+,29-/m0/s1. The molecule has 1 aromatic carbocycles. The number of anilines is 1. The predicted molar refractivity (Wildman–Crippen MR) is 129 cm³/mol. The Morgan fingerprint density at radius 1 is 1.09 bits per heavy atom. The monoisotopic (exact) mass is 429 g/mol. The topological polar surface area (TPSA) is 40.5 Å². The molecule has 0 aromatic heterocycles. The zero-order chi connectivity index (χ0) is 22.7. The fraction of sp³-hybridized carbons (Fsp3) is 0.552. The molecule has 0 saturated heterocycles. The Balaban J connectivity index is 1.67. The number of nitrogens with zero attached hydrogens (tertiary/aromatic N) is 1. The highest BCUT2D eigenvalue weighted by atomic mass is 16.3. The maximum absolute atomic E-state index is 12.2.